The Labute approximate surface area is 168 Å². The van der Waals surface area contributed by atoms with Gasteiger partial charge in [-0.1, -0.05) is 43.3 Å². The molecule has 1 aromatic heterocycles. The molecule has 5 nitrogen and oxygen atoms in total. The van der Waals surface area contributed by atoms with E-state index in [-0.39, 0.29) is 18.6 Å². The summed E-state index contributed by atoms with van der Waals surface area (Å²) in [5.74, 6) is 1.37. The molecular weight excluding hydrogens is 372 g/mol. The fourth-order valence-electron chi connectivity index (χ4n) is 3.33. The highest BCUT2D eigenvalue weighted by Crippen LogP contribution is 2.34. The Hall–Kier alpha value is -2.86. The van der Waals surface area contributed by atoms with E-state index in [4.69, 9.17) is 9.47 Å². The maximum Gasteiger partial charge on any atom is 0.233 e. The molecule has 1 aliphatic rings. The summed E-state index contributed by atoms with van der Waals surface area (Å²) < 4.78 is 10.8. The molecule has 0 radical (unpaired) electrons. The van der Waals surface area contributed by atoms with Gasteiger partial charge < -0.3 is 14.8 Å². The fourth-order valence-corrected chi connectivity index (χ4v) is 4.33. The van der Waals surface area contributed by atoms with Gasteiger partial charge in [0.25, 0.3) is 0 Å². The molecule has 1 aliphatic heterocycles. The Kier molecular flexibility index (Phi) is 5.30. The number of hydrogen-bond donors (Lipinski definition) is 1. The molecule has 144 valence electrons. The van der Waals surface area contributed by atoms with Gasteiger partial charge in [-0.25, -0.2) is 4.98 Å². The number of thiazole rings is 1. The summed E-state index contributed by atoms with van der Waals surface area (Å²) in [4.78, 5) is 18.5. The summed E-state index contributed by atoms with van der Waals surface area (Å²) in [6.45, 7) is 4.27. The zero-order valence-electron chi connectivity index (χ0n) is 15.9. The number of ether oxygens (including phenoxy) is 2. The molecule has 0 spiro atoms. The van der Waals surface area contributed by atoms with Crippen molar-refractivity contribution in [3.05, 3.63) is 70.2 Å². The Morgan fingerprint density at radius 2 is 1.96 bits per heavy atom. The highest BCUT2D eigenvalue weighted by molar-refractivity contribution is 7.15. The van der Waals surface area contributed by atoms with E-state index in [1.165, 1.54) is 11.3 Å². The number of nitrogens with zero attached hydrogens (tertiary/aromatic N) is 1. The van der Waals surface area contributed by atoms with Gasteiger partial charge >= 0.3 is 0 Å². The van der Waals surface area contributed by atoms with Gasteiger partial charge in [0.15, 0.2) is 16.6 Å². The third-order valence-corrected chi connectivity index (χ3v) is 5.92. The lowest BCUT2D eigenvalue weighted by atomic mass is 9.96. The van der Waals surface area contributed by atoms with Crippen molar-refractivity contribution in [1.82, 2.24) is 4.98 Å². The number of aryl methyl sites for hydroxylation is 1. The zero-order chi connectivity index (χ0) is 19.5. The monoisotopic (exact) mass is 394 g/mol. The fraction of sp³-hybridized carbons (Fsp3) is 0.273. The van der Waals surface area contributed by atoms with Crippen LogP contribution in [0.4, 0.5) is 5.13 Å². The molecule has 0 saturated heterocycles. The maximum absolute atomic E-state index is 12.8. The topological polar surface area (TPSA) is 60.5 Å². The summed E-state index contributed by atoms with van der Waals surface area (Å²) in [7, 11) is 0. The van der Waals surface area contributed by atoms with Crippen LogP contribution in [0.5, 0.6) is 11.5 Å². The van der Waals surface area contributed by atoms with Crippen molar-refractivity contribution in [2.24, 2.45) is 0 Å². The minimum atomic E-state index is -0.178. The van der Waals surface area contributed by atoms with E-state index in [0.29, 0.717) is 5.13 Å². The minimum Gasteiger partial charge on any atom is -0.454 e. The van der Waals surface area contributed by atoms with Crippen LogP contribution in [-0.2, 0) is 11.2 Å². The van der Waals surface area contributed by atoms with Gasteiger partial charge in [-0.3, -0.25) is 4.79 Å². The molecule has 6 heteroatoms. The molecule has 0 fully saturated rings. The second-order valence-corrected chi connectivity index (χ2v) is 7.84. The van der Waals surface area contributed by atoms with Crippen molar-refractivity contribution in [2.45, 2.75) is 32.6 Å². The molecule has 0 bridgehead atoms. The van der Waals surface area contributed by atoms with Gasteiger partial charge in [0.05, 0.1) is 11.6 Å². The summed E-state index contributed by atoms with van der Waals surface area (Å²) in [5.41, 5.74) is 3.09. The second-order valence-electron chi connectivity index (χ2n) is 6.75. The molecule has 2 heterocycles. The predicted molar refractivity (Wildman–Crippen MR) is 110 cm³/mol. The van der Waals surface area contributed by atoms with Gasteiger partial charge in [0, 0.05) is 11.3 Å². The first-order chi connectivity index (χ1) is 13.6. The molecule has 0 aliphatic carbocycles. The number of benzene rings is 2. The van der Waals surface area contributed by atoms with Crippen LogP contribution < -0.4 is 14.8 Å². The average Bonchev–Trinajstić information content (AvgIpc) is 3.29. The summed E-state index contributed by atoms with van der Waals surface area (Å²) in [6.07, 6.45) is 1.48. The number of anilines is 1. The summed E-state index contributed by atoms with van der Waals surface area (Å²) in [6, 6.07) is 15.8. The molecule has 0 unspecified atom stereocenters. The standard InChI is InChI=1S/C22H22N2O3S/c1-3-17(16-7-5-4-6-8-16)21(25)24-22-23-14(2)20(28-22)12-15-9-10-18-19(11-15)27-13-26-18/h4-11,17H,3,12-13H2,1-2H3,(H,23,24,25)/t17-/m0/s1. The largest absolute Gasteiger partial charge is 0.454 e. The molecule has 28 heavy (non-hydrogen) atoms. The van der Waals surface area contributed by atoms with Crippen molar-refractivity contribution >= 4 is 22.4 Å². The number of carbonyl (C=O) groups excluding carboxylic acids is 1. The summed E-state index contributed by atoms with van der Waals surface area (Å²) in [5, 5.41) is 3.65. The van der Waals surface area contributed by atoms with Crippen LogP contribution in [-0.4, -0.2) is 17.7 Å². The number of carbonyl (C=O) groups is 1. The van der Waals surface area contributed by atoms with Crippen molar-refractivity contribution in [3.8, 4) is 11.5 Å². The molecule has 4 rings (SSSR count). The van der Waals surface area contributed by atoms with Crippen molar-refractivity contribution < 1.29 is 14.3 Å². The lowest BCUT2D eigenvalue weighted by Crippen LogP contribution is -2.20. The molecule has 3 aromatic rings. The highest BCUT2D eigenvalue weighted by atomic mass is 32.1. The third kappa shape index (κ3) is 3.87. The SMILES string of the molecule is CC[C@H](C(=O)Nc1nc(C)c(Cc2ccc3c(c2)OCO3)s1)c1ccccc1. The van der Waals surface area contributed by atoms with Crippen LogP contribution in [0.3, 0.4) is 0 Å². The van der Waals surface area contributed by atoms with E-state index in [2.05, 4.69) is 10.3 Å². The number of fused-ring (bicyclic) bond motifs is 1. The van der Waals surface area contributed by atoms with Crippen LogP contribution in [0.15, 0.2) is 48.5 Å². The normalized spacial score (nSPS) is 13.4. The summed E-state index contributed by atoms with van der Waals surface area (Å²) >= 11 is 1.52. The van der Waals surface area contributed by atoms with Crippen LogP contribution in [0.1, 0.15) is 41.0 Å². The van der Waals surface area contributed by atoms with Crippen LogP contribution >= 0.6 is 11.3 Å². The van der Waals surface area contributed by atoms with E-state index >= 15 is 0 Å². The van der Waals surface area contributed by atoms with Gasteiger partial charge in [0.1, 0.15) is 0 Å². The van der Waals surface area contributed by atoms with Crippen LogP contribution in [0.25, 0.3) is 0 Å². The number of nitrogens with one attached hydrogen (secondary N) is 1. The highest BCUT2D eigenvalue weighted by Gasteiger charge is 2.21. The number of hydrogen-bond acceptors (Lipinski definition) is 5. The van der Waals surface area contributed by atoms with Crippen molar-refractivity contribution in [1.29, 1.82) is 0 Å². The molecular formula is C22H22N2O3S. The van der Waals surface area contributed by atoms with E-state index in [9.17, 15) is 4.79 Å². The smallest absolute Gasteiger partial charge is 0.233 e. The quantitative estimate of drug-likeness (QED) is 0.646. The Morgan fingerprint density at radius 3 is 2.75 bits per heavy atom. The molecule has 2 aromatic carbocycles. The number of amides is 1. The van der Waals surface area contributed by atoms with Gasteiger partial charge in [-0.2, -0.15) is 0 Å². The lowest BCUT2D eigenvalue weighted by Gasteiger charge is -2.14. The second kappa shape index (κ2) is 8.02. The first kappa shape index (κ1) is 18.5. The van der Waals surface area contributed by atoms with E-state index in [0.717, 1.165) is 46.0 Å². The van der Waals surface area contributed by atoms with E-state index in [1.807, 2.05) is 62.4 Å². The first-order valence-corrected chi connectivity index (χ1v) is 10.2. The number of rotatable bonds is 6. The molecule has 1 atom stereocenters. The molecule has 0 saturated carbocycles. The molecule has 1 amide bonds. The zero-order valence-corrected chi connectivity index (χ0v) is 16.7. The van der Waals surface area contributed by atoms with Crippen molar-refractivity contribution in [3.63, 3.8) is 0 Å². The van der Waals surface area contributed by atoms with Gasteiger partial charge in [0.2, 0.25) is 12.7 Å². The van der Waals surface area contributed by atoms with E-state index in [1.54, 1.807) is 0 Å². The number of aromatic nitrogens is 1. The Morgan fingerprint density at radius 1 is 1.18 bits per heavy atom. The average molecular weight is 394 g/mol. The Balaban J connectivity index is 1.47. The lowest BCUT2D eigenvalue weighted by molar-refractivity contribution is -0.117. The first-order valence-electron chi connectivity index (χ1n) is 9.34. The predicted octanol–water partition coefficient (Wildman–Crippen LogP) is 4.90. The Bertz CT molecular complexity index is 985. The van der Waals surface area contributed by atoms with Crippen LogP contribution in [0, 0.1) is 6.92 Å². The van der Waals surface area contributed by atoms with Gasteiger partial charge in [-0.05, 0) is 36.6 Å². The third-order valence-electron chi connectivity index (χ3n) is 4.85. The maximum atomic E-state index is 12.8. The van der Waals surface area contributed by atoms with E-state index < -0.39 is 0 Å². The minimum absolute atomic E-state index is 0.0166. The van der Waals surface area contributed by atoms with Crippen LogP contribution in [0.2, 0.25) is 0 Å². The van der Waals surface area contributed by atoms with Gasteiger partial charge in [-0.15, -0.1) is 11.3 Å². The molecule has 1 N–H and O–H groups in total. The van der Waals surface area contributed by atoms with Crippen molar-refractivity contribution in [2.75, 3.05) is 12.1 Å².